The maximum absolute atomic E-state index is 15.2. The van der Waals surface area contributed by atoms with Crippen LogP contribution in [0.3, 0.4) is 0 Å². The first-order valence-corrected chi connectivity index (χ1v) is 8.82. The van der Waals surface area contributed by atoms with Crippen LogP contribution in [-0.4, -0.2) is 23.2 Å². The summed E-state index contributed by atoms with van der Waals surface area (Å²) in [4.78, 5) is 14.7. The fraction of sp³-hybridized carbons (Fsp3) is 0.0870. The molecule has 0 aliphatic carbocycles. The second kappa shape index (κ2) is 7.19. The summed E-state index contributed by atoms with van der Waals surface area (Å²) in [5.74, 6) is -1.86. The van der Waals surface area contributed by atoms with Crippen LogP contribution in [0.1, 0.15) is 33.0 Å². The lowest BCUT2D eigenvalue weighted by molar-refractivity contribution is 0.0691. The van der Waals surface area contributed by atoms with Gasteiger partial charge in [-0.2, -0.15) is 0 Å². The molecule has 0 saturated heterocycles. The van der Waals surface area contributed by atoms with Gasteiger partial charge in [0.1, 0.15) is 11.6 Å². The lowest BCUT2D eigenvalue weighted by atomic mass is 9.84. The highest BCUT2D eigenvalue weighted by Crippen LogP contribution is 2.38. The van der Waals surface area contributed by atoms with Crippen molar-refractivity contribution in [3.05, 3.63) is 101 Å². The Morgan fingerprint density at radius 3 is 2.61 bits per heavy atom. The lowest BCUT2D eigenvalue weighted by Crippen LogP contribution is -2.10. The third-order valence-electron chi connectivity index (χ3n) is 4.93. The Bertz CT molecular complexity index is 1170. The van der Waals surface area contributed by atoms with Gasteiger partial charge in [0.05, 0.1) is 12.7 Å². The number of carbonyl (C=O) groups is 1. The van der Waals surface area contributed by atoms with Crippen LogP contribution in [-0.2, 0) is 0 Å². The molecule has 0 saturated carbocycles. The van der Waals surface area contributed by atoms with E-state index < -0.39 is 17.7 Å². The lowest BCUT2D eigenvalue weighted by Gasteiger charge is -2.20. The predicted molar refractivity (Wildman–Crippen MR) is 106 cm³/mol. The monoisotopic (exact) mass is 375 g/mol. The molecule has 0 aliphatic rings. The zero-order valence-corrected chi connectivity index (χ0v) is 15.1. The minimum Gasteiger partial charge on any atom is -0.497 e. The Morgan fingerprint density at radius 2 is 1.82 bits per heavy atom. The van der Waals surface area contributed by atoms with E-state index in [1.165, 1.54) is 6.07 Å². The topological polar surface area (TPSA) is 62.3 Å². The van der Waals surface area contributed by atoms with Gasteiger partial charge in [0.2, 0.25) is 0 Å². The molecule has 0 bridgehead atoms. The molecule has 1 aromatic heterocycles. The van der Waals surface area contributed by atoms with Crippen molar-refractivity contribution < 1.29 is 19.0 Å². The zero-order valence-electron chi connectivity index (χ0n) is 15.1. The van der Waals surface area contributed by atoms with Crippen LogP contribution in [0.4, 0.5) is 4.39 Å². The first-order valence-electron chi connectivity index (χ1n) is 8.82. The number of aromatic nitrogens is 1. The van der Waals surface area contributed by atoms with Crippen molar-refractivity contribution in [3.63, 3.8) is 0 Å². The van der Waals surface area contributed by atoms with E-state index in [2.05, 4.69) is 4.98 Å². The number of para-hydroxylation sites is 1. The standard InChI is InChI=1S/C23H18FNO3/c1-28-15-7-4-6-14(12-15)21(17-9-5-10-18(22(17)24)23(26)27)19-13-25-20-11-3-2-8-16(19)20/h2-13,21,25H,1H3,(H,26,27). The Hall–Kier alpha value is -3.60. The average molecular weight is 375 g/mol. The number of aromatic amines is 1. The normalized spacial score (nSPS) is 12.1. The fourth-order valence-electron chi connectivity index (χ4n) is 3.62. The number of rotatable bonds is 5. The van der Waals surface area contributed by atoms with Gasteiger partial charge in [-0.3, -0.25) is 0 Å². The first-order chi connectivity index (χ1) is 13.6. The van der Waals surface area contributed by atoms with Crippen LogP contribution in [0.25, 0.3) is 10.9 Å². The van der Waals surface area contributed by atoms with E-state index in [4.69, 9.17) is 4.74 Å². The van der Waals surface area contributed by atoms with Gasteiger partial charge in [-0.15, -0.1) is 0 Å². The number of fused-ring (bicyclic) bond motifs is 1. The summed E-state index contributed by atoms with van der Waals surface area (Å²) in [5.41, 5.74) is 2.57. The molecule has 0 amide bonds. The Labute approximate surface area is 161 Å². The molecular weight excluding hydrogens is 357 g/mol. The molecule has 0 radical (unpaired) electrons. The molecule has 2 N–H and O–H groups in total. The van der Waals surface area contributed by atoms with E-state index in [0.717, 1.165) is 22.0 Å². The van der Waals surface area contributed by atoms with Gasteiger partial charge in [-0.25, -0.2) is 9.18 Å². The number of carboxylic acid groups (broad SMARTS) is 1. The SMILES string of the molecule is COc1cccc(C(c2cccc(C(=O)O)c2F)c2c[nH]c3ccccc23)c1. The number of aromatic carboxylic acids is 1. The Morgan fingerprint density at radius 1 is 1.04 bits per heavy atom. The smallest absolute Gasteiger partial charge is 0.338 e. The molecule has 28 heavy (non-hydrogen) atoms. The van der Waals surface area contributed by atoms with E-state index in [-0.39, 0.29) is 5.56 Å². The molecular formula is C23H18FNO3. The number of carboxylic acids is 1. The Kier molecular flexibility index (Phi) is 4.57. The predicted octanol–water partition coefficient (Wildman–Crippen LogP) is 5.19. The van der Waals surface area contributed by atoms with Crippen LogP contribution in [0.5, 0.6) is 5.75 Å². The highest BCUT2D eigenvalue weighted by molar-refractivity contribution is 5.89. The number of hydrogen-bond acceptors (Lipinski definition) is 2. The second-order valence-corrected chi connectivity index (χ2v) is 6.51. The van der Waals surface area contributed by atoms with Gasteiger partial charge in [-0.05, 0) is 35.4 Å². The van der Waals surface area contributed by atoms with Gasteiger partial charge in [0, 0.05) is 28.6 Å². The highest BCUT2D eigenvalue weighted by atomic mass is 19.1. The zero-order chi connectivity index (χ0) is 19.7. The van der Waals surface area contributed by atoms with Crippen LogP contribution in [0.15, 0.2) is 72.9 Å². The number of halogens is 1. The molecule has 5 heteroatoms. The molecule has 0 aliphatic heterocycles. The van der Waals surface area contributed by atoms with E-state index in [1.54, 1.807) is 19.2 Å². The molecule has 0 fully saturated rings. The number of nitrogens with one attached hydrogen (secondary N) is 1. The molecule has 4 aromatic rings. The van der Waals surface area contributed by atoms with Crippen LogP contribution in [0, 0.1) is 5.82 Å². The van der Waals surface area contributed by atoms with Gasteiger partial charge in [0.25, 0.3) is 0 Å². The van der Waals surface area contributed by atoms with Gasteiger partial charge >= 0.3 is 5.97 Å². The molecule has 3 aromatic carbocycles. The molecule has 1 unspecified atom stereocenters. The minimum atomic E-state index is -1.29. The van der Waals surface area contributed by atoms with E-state index in [9.17, 15) is 9.90 Å². The van der Waals surface area contributed by atoms with Crippen molar-refractivity contribution in [2.75, 3.05) is 7.11 Å². The van der Waals surface area contributed by atoms with E-state index in [1.807, 2.05) is 54.7 Å². The Balaban J connectivity index is 2.00. The van der Waals surface area contributed by atoms with Crippen molar-refractivity contribution in [1.29, 1.82) is 0 Å². The maximum atomic E-state index is 15.2. The summed E-state index contributed by atoms with van der Waals surface area (Å²) in [6, 6.07) is 19.6. The summed E-state index contributed by atoms with van der Waals surface area (Å²) >= 11 is 0. The van der Waals surface area contributed by atoms with Crippen molar-refractivity contribution in [2.45, 2.75) is 5.92 Å². The second-order valence-electron chi connectivity index (χ2n) is 6.51. The highest BCUT2D eigenvalue weighted by Gasteiger charge is 2.26. The third-order valence-corrected chi connectivity index (χ3v) is 4.93. The van der Waals surface area contributed by atoms with Crippen molar-refractivity contribution >= 4 is 16.9 Å². The van der Waals surface area contributed by atoms with E-state index in [0.29, 0.717) is 11.3 Å². The molecule has 1 heterocycles. The molecule has 140 valence electrons. The van der Waals surface area contributed by atoms with Crippen LogP contribution >= 0.6 is 0 Å². The fourth-order valence-corrected chi connectivity index (χ4v) is 3.62. The first kappa shape index (κ1) is 17.8. The quantitative estimate of drug-likeness (QED) is 0.504. The number of benzene rings is 3. The van der Waals surface area contributed by atoms with Gasteiger partial charge in [0.15, 0.2) is 0 Å². The summed E-state index contributed by atoms with van der Waals surface area (Å²) in [7, 11) is 1.57. The molecule has 4 rings (SSSR count). The maximum Gasteiger partial charge on any atom is 0.338 e. The largest absolute Gasteiger partial charge is 0.497 e. The van der Waals surface area contributed by atoms with Gasteiger partial charge < -0.3 is 14.8 Å². The van der Waals surface area contributed by atoms with Crippen molar-refractivity contribution in [2.24, 2.45) is 0 Å². The van der Waals surface area contributed by atoms with E-state index >= 15 is 4.39 Å². The number of hydrogen-bond donors (Lipinski definition) is 2. The van der Waals surface area contributed by atoms with Crippen molar-refractivity contribution in [3.8, 4) is 5.75 Å². The third kappa shape index (κ3) is 3.01. The molecule has 4 nitrogen and oxygen atoms in total. The summed E-state index contributed by atoms with van der Waals surface area (Å²) < 4.78 is 20.6. The average Bonchev–Trinajstić information content (AvgIpc) is 3.13. The molecule has 1 atom stereocenters. The molecule has 0 spiro atoms. The summed E-state index contributed by atoms with van der Waals surface area (Å²) in [6.45, 7) is 0. The van der Waals surface area contributed by atoms with Crippen LogP contribution < -0.4 is 4.74 Å². The van der Waals surface area contributed by atoms with Gasteiger partial charge in [-0.1, -0.05) is 42.5 Å². The number of ether oxygens (including phenoxy) is 1. The van der Waals surface area contributed by atoms with Crippen LogP contribution in [0.2, 0.25) is 0 Å². The summed E-state index contributed by atoms with van der Waals surface area (Å²) in [5, 5.41) is 10.3. The minimum absolute atomic E-state index is 0.304. The summed E-state index contributed by atoms with van der Waals surface area (Å²) in [6.07, 6.45) is 1.85. The number of H-pyrrole nitrogens is 1. The number of methoxy groups -OCH3 is 1. The van der Waals surface area contributed by atoms with Crippen molar-refractivity contribution in [1.82, 2.24) is 4.98 Å².